The number of pyridine rings is 1. The highest BCUT2D eigenvalue weighted by Gasteiger charge is 2.28. The monoisotopic (exact) mass is 221 g/mol. The first-order valence-corrected chi connectivity index (χ1v) is 5.61. The zero-order valence-electron chi connectivity index (χ0n) is 10.1. The average molecular weight is 221 g/mol. The van der Waals surface area contributed by atoms with Crippen molar-refractivity contribution in [3.05, 3.63) is 23.9 Å². The van der Waals surface area contributed by atoms with Crippen LogP contribution in [0.2, 0.25) is 0 Å². The first-order chi connectivity index (χ1) is 7.62. The molecule has 0 unspecified atom stereocenters. The minimum absolute atomic E-state index is 0.0618. The van der Waals surface area contributed by atoms with E-state index in [-0.39, 0.29) is 5.54 Å². The van der Waals surface area contributed by atoms with Gasteiger partial charge in [0, 0.05) is 18.8 Å². The van der Waals surface area contributed by atoms with Crippen LogP contribution in [0.4, 0.5) is 5.82 Å². The molecule has 1 aromatic heterocycles. The summed E-state index contributed by atoms with van der Waals surface area (Å²) in [5, 5.41) is 6.58. The quantitative estimate of drug-likeness (QED) is 0.805. The number of ether oxygens (including phenoxy) is 1. The third-order valence-electron chi connectivity index (χ3n) is 2.94. The molecule has 1 aromatic rings. The summed E-state index contributed by atoms with van der Waals surface area (Å²) < 4.78 is 5.17. The van der Waals surface area contributed by atoms with Gasteiger partial charge in [-0.3, -0.25) is 0 Å². The summed E-state index contributed by atoms with van der Waals surface area (Å²) in [5.41, 5.74) is 1.13. The van der Waals surface area contributed by atoms with Crippen molar-refractivity contribution < 1.29 is 4.74 Å². The van der Waals surface area contributed by atoms with Gasteiger partial charge in [0.15, 0.2) is 0 Å². The van der Waals surface area contributed by atoms with E-state index in [0.717, 1.165) is 19.0 Å². The molecule has 0 radical (unpaired) electrons. The Morgan fingerprint density at radius 3 is 2.56 bits per heavy atom. The van der Waals surface area contributed by atoms with Gasteiger partial charge in [0.2, 0.25) is 0 Å². The molecule has 4 heteroatoms. The Morgan fingerprint density at radius 1 is 1.38 bits per heavy atom. The molecule has 0 aliphatic carbocycles. The lowest BCUT2D eigenvalue weighted by molar-refractivity contribution is -0.0170. The molecular formula is C12H19N3O. The minimum Gasteiger partial charge on any atom is -0.378 e. The van der Waals surface area contributed by atoms with E-state index in [1.807, 2.05) is 19.3 Å². The van der Waals surface area contributed by atoms with E-state index in [0.29, 0.717) is 6.04 Å². The molecule has 88 valence electrons. The lowest BCUT2D eigenvalue weighted by atomic mass is 9.94. The zero-order valence-corrected chi connectivity index (χ0v) is 10.1. The predicted molar refractivity (Wildman–Crippen MR) is 64.6 cm³/mol. The highest BCUT2D eigenvalue weighted by molar-refractivity contribution is 5.36. The summed E-state index contributed by atoms with van der Waals surface area (Å²) in [6.07, 6.45) is 1.92. The second-order valence-corrected chi connectivity index (χ2v) is 4.69. The number of rotatable bonds is 4. The van der Waals surface area contributed by atoms with Gasteiger partial charge in [-0.25, -0.2) is 4.98 Å². The number of aromatic nitrogens is 1. The van der Waals surface area contributed by atoms with Crippen LogP contribution >= 0.6 is 0 Å². The van der Waals surface area contributed by atoms with Crippen LogP contribution < -0.4 is 10.6 Å². The molecule has 0 spiro atoms. The molecule has 0 atom stereocenters. The molecule has 2 rings (SSSR count). The van der Waals surface area contributed by atoms with Crippen LogP contribution in [0, 0.1) is 0 Å². The maximum absolute atomic E-state index is 5.17. The van der Waals surface area contributed by atoms with E-state index in [1.54, 1.807) is 0 Å². The van der Waals surface area contributed by atoms with Gasteiger partial charge in [-0.1, -0.05) is 6.07 Å². The van der Waals surface area contributed by atoms with E-state index in [9.17, 15) is 0 Å². The molecule has 1 aliphatic rings. The predicted octanol–water partition coefficient (Wildman–Crippen LogP) is 1.35. The van der Waals surface area contributed by atoms with Crippen molar-refractivity contribution in [1.82, 2.24) is 10.3 Å². The maximum atomic E-state index is 5.17. The summed E-state index contributed by atoms with van der Waals surface area (Å²) in [6, 6.07) is 4.57. The average Bonchev–Trinajstić information content (AvgIpc) is 2.24. The molecule has 0 amide bonds. The van der Waals surface area contributed by atoms with Crippen LogP contribution in [-0.2, 0) is 10.3 Å². The Labute approximate surface area is 96.4 Å². The third kappa shape index (κ3) is 2.33. The van der Waals surface area contributed by atoms with Crippen LogP contribution in [0.1, 0.15) is 19.4 Å². The molecule has 4 nitrogen and oxygen atoms in total. The molecule has 16 heavy (non-hydrogen) atoms. The Morgan fingerprint density at radius 2 is 2.12 bits per heavy atom. The van der Waals surface area contributed by atoms with Crippen molar-refractivity contribution in [3.63, 3.8) is 0 Å². The van der Waals surface area contributed by atoms with Gasteiger partial charge in [0.1, 0.15) is 5.82 Å². The Kier molecular flexibility index (Phi) is 3.12. The summed E-state index contributed by atoms with van der Waals surface area (Å²) >= 11 is 0. The standard InChI is InChI=1S/C12H19N3O/c1-12(2,15-10-7-16-8-10)9-4-5-11(13-3)14-6-9/h4-6,10,15H,7-8H2,1-3H3,(H,13,14). The fourth-order valence-electron chi connectivity index (χ4n) is 1.82. The normalized spacial score (nSPS) is 16.9. The first-order valence-electron chi connectivity index (χ1n) is 5.61. The van der Waals surface area contributed by atoms with Gasteiger partial charge in [-0.05, 0) is 25.5 Å². The summed E-state index contributed by atoms with van der Waals surface area (Å²) in [5.74, 6) is 0.895. The molecule has 2 N–H and O–H groups in total. The van der Waals surface area contributed by atoms with Crippen molar-refractivity contribution in [3.8, 4) is 0 Å². The van der Waals surface area contributed by atoms with Crippen molar-refractivity contribution in [2.45, 2.75) is 25.4 Å². The highest BCUT2D eigenvalue weighted by Crippen LogP contribution is 2.22. The number of nitrogens with one attached hydrogen (secondary N) is 2. The summed E-state index contributed by atoms with van der Waals surface area (Å²) in [4.78, 5) is 4.33. The fourth-order valence-corrected chi connectivity index (χ4v) is 1.82. The SMILES string of the molecule is CNc1ccc(C(C)(C)NC2COC2)cn1. The maximum Gasteiger partial charge on any atom is 0.125 e. The number of hydrogen-bond acceptors (Lipinski definition) is 4. The van der Waals surface area contributed by atoms with Crippen molar-refractivity contribution in [1.29, 1.82) is 0 Å². The van der Waals surface area contributed by atoms with Gasteiger partial charge in [0.25, 0.3) is 0 Å². The lowest BCUT2D eigenvalue weighted by Gasteiger charge is -2.36. The number of hydrogen-bond donors (Lipinski definition) is 2. The highest BCUT2D eigenvalue weighted by atomic mass is 16.5. The Balaban J connectivity index is 2.07. The summed E-state index contributed by atoms with van der Waals surface area (Å²) in [7, 11) is 1.87. The molecule has 0 aromatic carbocycles. The van der Waals surface area contributed by atoms with Crippen LogP contribution in [0.15, 0.2) is 18.3 Å². The Bertz CT molecular complexity index is 344. The lowest BCUT2D eigenvalue weighted by Crippen LogP contribution is -2.53. The molecule has 2 heterocycles. The number of nitrogens with zero attached hydrogens (tertiary/aromatic N) is 1. The third-order valence-corrected chi connectivity index (χ3v) is 2.94. The largest absolute Gasteiger partial charge is 0.378 e. The smallest absolute Gasteiger partial charge is 0.125 e. The summed E-state index contributed by atoms with van der Waals surface area (Å²) in [6.45, 7) is 5.96. The fraction of sp³-hybridized carbons (Fsp3) is 0.583. The van der Waals surface area contributed by atoms with Gasteiger partial charge >= 0.3 is 0 Å². The van der Waals surface area contributed by atoms with E-state index < -0.39 is 0 Å². The number of anilines is 1. The van der Waals surface area contributed by atoms with E-state index >= 15 is 0 Å². The van der Waals surface area contributed by atoms with E-state index in [4.69, 9.17) is 4.74 Å². The topological polar surface area (TPSA) is 46.2 Å². The van der Waals surface area contributed by atoms with Crippen molar-refractivity contribution >= 4 is 5.82 Å². The second-order valence-electron chi connectivity index (χ2n) is 4.69. The van der Waals surface area contributed by atoms with Crippen LogP contribution in [0.5, 0.6) is 0 Å². The van der Waals surface area contributed by atoms with Crippen molar-refractivity contribution in [2.75, 3.05) is 25.6 Å². The van der Waals surface area contributed by atoms with Crippen LogP contribution in [0.25, 0.3) is 0 Å². The molecule has 1 saturated heterocycles. The van der Waals surface area contributed by atoms with Gasteiger partial charge < -0.3 is 15.4 Å². The molecule has 1 aliphatic heterocycles. The molecule has 0 saturated carbocycles. The van der Waals surface area contributed by atoms with E-state index in [1.165, 1.54) is 5.56 Å². The van der Waals surface area contributed by atoms with Gasteiger partial charge in [0.05, 0.1) is 19.3 Å². The molecule has 0 bridgehead atoms. The van der Waals surface area contributed by atoms with Crippen LogP contribution in [-0.4, -0.2) is 31.3 Å². The second kappa shape index (κ2) is 4.39. The molecule has 1 fully saturated rings. The zero-order chi connectivity index (χ0) is 11.6. The van der Waals surface area contributed by atoms with E-state index in [2.05, 4.69) is 35.5 Å². The minimum atomic E-state index is -0.0618. The first kappa shape index (κ1) is 11.4. The van der Waals surface area contributed by atoms with Gasteiger partial charge in [-0.2, -0.15) is 0 Å². The van der Waals surface area contributed by atoms with Gasteiger partial charge in [-0.15, -0.1) is 0 Å². The Hall–Kier alpha value is -1.13. The van der Waals surface area contributed by atoms with Crippen LogP contribution in [0.3, 0.4) is 0 Å². The molecular weight excluding hydrogens is 202 g/mol. The van der Waals surface area contributed by atoms with Crippen molar-refractivity contribution in [2.24, 2.45) is 0 Å².